The van der Waals surface area contributed by atoms with Crippen molar-refractivity contribution in [3.63, 3.8) is 0 Å². The van der Waals surface area contributed by atoms with Gasteiger partial charge in [-0.05, 0) is 19.9 Å². The molecule has 0 N–H and O–H groups in total. The van der Waals surface area contributed by atoms with Gasteiger partial charge in [-0.3, -0.25) is 14.8 Å². The van der Waals surface area contributed by atoms with Gasteiger partial charge in [-0.15, -0.1) is 0 Å². The van der Waals surface area contributed by atoms with E-state index in [4.69, 9.17) is 4.74 Å². The molecule has 0 spiro atoms. The molecule has 0 saturated carbocycles. The number of ether oxygens (including phenoxy) is 2. The first-order valence-electron chi connectivity index (χ1n) is 8.58. The molecule has 0 fully saturated rings. The Kier molecular flexibility index (Phi) is 5.48. The second-order valence-electron chi connectivity index (χ2n) is 5.94. The second kappa shape index (κ2) is 8.00. The van der Waals surface area contributed by atoms with Crippen molar-refractivity contribution in [3.8, 4) is 28.5 Å². The van der Waals surface area contributed by atoms with E-state index in [2.05, 4.69) is 24.8 Å². The fourth-order valence-electron chi connectivity index (χ4n) is 2.81. The van der Waals surface area contributed by atoms with Crippen molar-refractivity contribution in [1.82, 2.24) is 24.7 Å². The van der Waals surface area contributed by atoms with Crippen LogP contribution in [0.1, 0.15) is 23.1 Å². The van der Waals surface area contributed by atoms with Crippen molar-refractivity contribution in [3.05, 3.63) is 46.0 Å². The third kappa shape index (κ3) is 3.74. The number of nitrogens with zero attached hydrogens (tertiary/aromatic N) is 6. The zero-order valence-corrected chi connectivity index (χ0v) is 16.2. The zero-order chi connectivity index (χ0) is 21.1. The highest BCUT2D eigenvalue weighted by molar-refractivity contribution is 5.90. The molecule has 0 aromatic carbocycles. The average molecular weight is 398 g/mol. The molecule has 3 heterocycles. The molecule has 0 amide bonds. The van der Waals surface area contributed by atoms with Gasteiger partial charge >= 0.3 is 11.7 Å². The van der Waals surface area contributed by atoms with Crippen molar-refractivity contribution >= 4 is 11.7 Å². The molecule has 0 saturated heterocycles. The van der Waals surface area contributed by atoms with Gasteiger partial charge in [-0.1, -0.05) is 0 Å². The molecule has 11 heteroatoms. The maximum absolute atomic E-state index is 11.9. The molecular formula is C18H18N6O5. The molecule has 3 aromatic rings. The lowest BCUT2D eigenvalue weighted by atomic mass is 10.1. The normalized spacial score (nSPS) is 10.6. The lowest BCUT2D eigenvalue weighted by molar-refractivity contribution is -0.385. The smallest absolute Gasteiger partial charge is 0.356 e. The number of esters is 1. The topological polar surface area (TPSA) is 135 Å². The number of pyridine rings is 1. The van der Waals surface area contributed by atoms with Gasteiger partial charge in [0.05, 0.1) is 24.8 Å². The molecule has 0 aliphatic heterocycles. The molecule has 29 heavy (non-hydrogen) atoms. The van der Waals surface area contributed by atoms with Crippen LogP contribution >= 0.6 is 0 Å². The number of hydrogen-bond acceptors (Lipinski definition) is 9. The predicted octanol–water partition coefficient (Wildman–Crippen LogP) is 2.43. The van der Waals surface area contributed by atoms with Gasteiger partial charge in [0.25, 0.3) is 0 Å². The first-order valence-corrected chi connectivity index (χ1v) is 8.58. The minimum atomic E-state index is -0.751. The number of carbonyl (C=O) groups excluding carboxylic acids is 1. The average Bonchev–Trinajstić information content (AvgIpc) is 3.12. The van der Waals surface area contributed by atoms with E-state index in [-0.39, 0.29) is 22.7 Å². The van der Waals surface area contributed by atoms with E-state index in [9.17, 15) is 14.9 Å². The number of rotatable bonds is 6. The highest BCUT2D eigenvalue weighted by atomic mass is 16.6. The van der Waals surface area contributed by atoms with Gasteiger partial charge in [0.2, 0.25) is 5.75 Å². The first-order chi connectivity index (χ1) is 13.9. The highest BCUT2D eigenvalue weighted by Crippen LogP contribution is 2.36. The van der Waals surface area contributed by atoms with E-state index in [1.165, 1.54) is 26.6 Å². The Bertz CT molecular complexity index is 1080. The van der Waals surface area contributed by atoms with E-state index in [1.54, 1.807) is 4.68 Å². The summed E-state index contributed by atoms with van der Waals surface area (Å²) in [6.07, 6.45) is 2.81. The number of hydrogen-bond donors (Lipinski definition) is 0. The number of carbonyl (C=O) groups is 1. The van der Waals surface area contributed by atoms with Crippen LogP contribution in [0.15, 0.2) is 24.5 Å². The van der Waals surface area contributed by atoms with Gasteiger partial charge in [-0.2, -0.15) is 5.10 Å². The minimum Gasteiger partial charge on any atom is -0.490 e. The lowest BCUT2D eigenvalue weighted by Gasteiger charge is -2.09. The molecule has 0 radical (unpaired) electrons. The van der Waals surface area contributed by atoms with Gasteiger partial charge in [0.15, 0.2) is 17.2 Å². The fourth-order valence-corrected chi connectivity index (χ4v) is 2.81. The molecule has 0 unspecified atom stereocenters. The van der Waals surface area contributed by atoms with E-state index < -0.39 is 16.6 Å². The summed E-state index contributed by atoms with van der Waals surface area (Å²) in [5, 5.41) is 16.0. The Morgan fingerprint density at radius 3 is 2.48 bits per heavy atom. The Morgan fingerprint density at radius 1 is 1.24 bits per heavy atom. The maximum atomic E-state index is 11.9. The van der Waals surface area contributed by atoms with Crippen LogP contribution < -0.4 is 4.74 Å². The van der Waals surface area contributed by atoms with Crippen LogP contribution in [0.3, 0.4) is 0 Å². The monoisotopic (exact) mass is 398 g/mol. The zero-order valence-electron chi connectivity index (χ0n) is 16.2. The maximum Gasteiger partial charge on any atom is 0.356 e. The second-order valence-corrected chi connectivity index (χ2v) is 5.94. The fraction of sp³-hybridized carbons (Fsp3) is 0.278. The highest BCUT2D eigenvalue weighted by Gasteiger charge is 2.28. The summed E-state index contributed by atoms with van der Waals surface area (Å²) in [4.78, 5) is 35.6. The number of methoxy groups -OCH3 is 2. The summed E-state index contributed by atoms with van der Waals surface area (Å²) in [6.45, 7) is 4.45. The van der Waals surface area contributed by atoms with Gasteiger partial charge < -0.3 is 9.47 Å². The van der Waals surface area contributed by atoms with E-state index in [0.29, 0.717) is 12.4 Å². The van der Waals surface area contributed by atoms with Gasteiger partial charge in [0.1, 0.15) is 5.69 Å². The Morgan fingerprint density at radius 2 is 1.93 bits per heavy atom. The van der Waals surface area contributed by atoms with E-state index >= 15 is 0 Å². The van der Waals surface area contributed by atoms with Gasteiger partial charge in [0, 0.05) is 30.6 Å². The molecule has 150 valence electrons. The van der Waals surface area contributed by atoms with Crippen LogP contribution in [0.25, 0.3) is 22.8 Å². The van der Waals surface area contributed by atoms with Crippen LogP contribution in [0.5, 0.6) is 5.75 Å². The van der Waals surface area contributed by atoms with Crippen LogP contribution in [0.4, 0.5) is 5.69 Å². The number of aryl methyl sites for hydroxylation is 2. The third-order valence-corrected chi connectivity index (χ3v) is 4.11. The van der Waals surface area contributed by atoms with E-state index in [1.807, 2.05) is 19.9 Å². The van der Waals surface area contributed by atoms with Crippen molar-refractivity contribution in [2.45, 2.75) is 20.4 Å². The van der Waals surface area contributed by atoms with Crippen molar-refractivity contribution < 1.29 is 19.2 Å². The molecule has 0 atom stereocenters. The summed E-state index contributed by atoms with van der Waals surface area (Å²) in [7, 11) is 2.45. The number of nitro groups is 1. The molecule has 3 rings (SSSR count). The Hall–Kier alpha value is -3.89. The summed E-state index contributed by atoms with van der Waals surface area (Å²) in [6, 6.07) is 3.01. The minimum absolute atomic E-state index is 0.0959. The standard InChI is InChI=1S/C18H18N6O5/c1-5-23-13(6-10(2)22-23)17-19-8-11(9-20-17)15-16(24(26)27)14(28-3)7-12(21-15)18(25)29-4/h6-9H,5H2,1-4H3. The Labute approximate surface area is 165 Å². The van der Waals surface area contributed by atoms with Crippen LogP contribution in [0.2, 0.25) is 0 Å². The SMILES string of the molecule is CCn1nc(C)cc1-c1ncc(-c2nc(C(=O)OC)cc(OC)c2[N+](=O)[O-])cn1. The van der Waals surface area contributed by atoms with E-state index in [0.717, 1.165) is 17.5 Å². The van der Waals surface area contributed by atoms with Crippen molar-refractivity contribution in [2.24, 2.45) is 0 Å². The first kappa shape index (κ1) is 19.9. The van der Waals surface area contributed by atoms with Crippen LogP contribution in [-0.2, 0) is 11.3 Å². The largest absolute Gasteiger partial charge is 0.490 e. The third-order valence-electron chi connectivity index (χ3n) is 4.11. The van der Waals surface area contributed by atoms with Gasteiger partial charge in [-0.25, -0.2) is 19.7 Å². The molecule has 3 aromatic heterocycles. The molecule has 11 nitrogen and oxygen atoms in total. The van der Waals surface area contributed by atoms with Crippen LogP contribution in [0, 0.1) is 17.0 Å². The van der Waals surface area contributed by atoms with Crippen molar-refractivity contribution in [2.75, 3.05) is 14.2 Å². The summed E-state index contributed by atoms with van der Waals surface area (Å²) >= 11 is 0. The quantitative estimate of drug-likeness (QED) is 0.348. The molecule has 0 bridgehead atoms. The molecular weight excluding hydrogens is 380 g/mol. The summed E-state index contributed by atoms with van der Waals surface area (Å²) in [5.74, 6) is -0.460. The van der Waals surface area contributed by atoms with Crippen LogP contribution in [-0.4, -0.2) is 49.8 Å². The summed E-state index contributed by atoms with van der Waals surface area (Å²) in [5.41, 5.74) is 1.17. The van der Waals surface area contributed by atoms with Crippen molar-refractivity contribution in [1.29, 1.82) is 0 Å². The lowest BCUT2D eigenvalue weighted by Crippen LogP contribution is -2.08. The predicted molar refractivity (Wildman–Crippen MR) is 101 cm³/mol. The Balaban J connectivity index is 2.14. The molecule has 0 aliphatic carbocycles. The summed E-state index contributed by atoms with van der Waals surface area (Å²) < 4.78 is 11.5. The number of aromatic nitrogens is 5. The molecule has 0 aliphatic rings.